The number of carbonyl (C=O) groups excluding carboxylic acids is 1. The molecule has 0 aliphatic carbocycles. The van der Waals surface area contributed by atoms with E-state index in [1.165, 1.54) is 0 Å². The minimum absolute atomic E-state index is 0.0282. The minimum Gasteiger partial charge on any atom is -0.483 e. The summed E-state index contributed by atoms with van der Waals surface area (Å²) in [7, 11) is 0. The van der Waals surface area contributed by atoms with Crippen molar-refractivity contribution in [3.05, 3.63) is 28.8 Å². The first-order valence-corrected chi connectivity index (χ1v) is 6.25. The largest absolute Gasteiger partial charge is 0.483 e. The first-order valence-electron chi connectivity index (χ1n) is 5.87. The molecule has 0 aliphatic rings. The molecule has 1 aromatic rings. The van der Waals surface area contributed by atoms with Gasteiger partial charge < -0.3 is 15.8 Å². The summed E-state index contributed by atoms with van der Waals surface area (Å²) in [5, 5.41) is 3.35. The molecule has 1 amide bonds. The van der Waals surface area contributed by atoms with Crippen LogP contribution in [-0.4, -0.2) is 18.6 Å². The fourth-order valence-electron chi connectivity index (χ4n) is 1.51. The molecule has 0 aromatic heterocycles. The average molecular weight is 271 g/mol. The maximum Gasteiger partial charge on any atom is 0.258 e. The monoisotopic (exact) mass is 270 g/mol. The summed E-state index contributed by atoms with van der Waals surface area (Å²) in [5.74, 6) is 0.434. The summed E-state index contributed by atoms with van der Waals surface area (Å²) in [5.41, 5.74) is 6.62. The average Bonchev–Trinajstić information content (AvgIpc) is 2.26. The summed E-state index contributed by atoms with van der Waals surface area (Å²) >= 11 is 5.90. The Balaban J connectivity index is 2.70. The number of amides is 1. The van der Waals surface area contributed by atoms with Crippen LogP contribution in [0.3, 0.4) is 0 Å². The Labute approximate surface area is 112 Å². The third-order valence-electron chi connectivity index (χ3n) is 2.27. The lowest BCUT2D eigenvalue weighted by Crippen LogP contribution is -2.34. The van der Waals surface area contributed by atoms with Crippen LogP contribution in [0.4, 0.5) is 0 Å². The Morgan fingerprint density at radius 3 is 2.67 bits per heavy atom. The number of rotatable bonds is 5. The molecule has 0 aliphatic heterocycles. The maximum absolute atomic E-state index is 11.5. The van der Waals surface area contributed by atoms with Crippen molar-refractivity contribution in [2.45, 2.75) is 32.9 Å². The Morgan fingerprint density at radius 1 is 1.44 bits per heavy atom. The normalized spacial score (nSPS) is 12.3. The third-order valence-corrected chi connectivity index (χ3v) is 2.51. The van der Waals surface area contributed by atoms with Crippen LogP contribution in [0, 0.1) is 0 Å². The highest BCUT2D eigenvalue weighted by atomic mass is 35.5. The molecule has 1 aromatic carbocycles. The van der Waals surface area contributed by atoms with E-state index < -0.39 is 0 Å². The highest BCUT2D eigenvalue weighted by molar-refractivity contribution is 6.30. The molecular formula is C13H19ClN2O2. The number of halogens is 1. The number of nitrogens with two attached hydrogens (primary N) is 1. The van der Waals surface area contributed by atoms with Gasteiger partial charge in [0.2, 0.25) is 0 Å². The van der Waals surface area contributed by atoms with E-state index in [9.17, 15) is 4.79 Å². The zero-order chi connectivity index (χ0) is 13.7. The lowest BCUT2D eigenvalue weighted by molar-refractivity contribution is -0.123. The van der Waals surface area contributed by atoms with Gasteiger partial charge >= 0.3 is 0 Å². The summed E-state index contributed by atoms with van der Waals surface area (Å²) in [6.45, 7) is 5.60. The number of carbonyl (C=O) groups is 1. The molecule has 0 heterocycles. The van der Waals surface area contributed by atoms with Crippen LogP contribution in [0.5, 0.6) is 5.75 Å². The van der Waals surface area contributed by atoms with Gasteiger partial charge in [-0.25, -0.2) is 0 Å². The van der Waals surface area contributed by atoms with Crippen LogP contribution in [0.15, 0.2) is 18.2 Å². The van der Waals surface area contributed by atoms with Crippen LogP contribution in [0.2, 0.25) is 5.02 Å². The fraction of sp³-hybridized carbons (Fsp3) is 0.462. The summed E-state index contributed by atoms with van der Waals surface area (Å²) < 4.78 is 5.47. The van der Waals surface area contributed by atoms with E-state index in [0.29, 0.717) is 10.8 Å². The third kappa shape index (κ3) is 4.55. The Bertz CT molecular complexity index is 419. The van der Waals surface area contributed by atoms with E-state index in [4.69, 9.17) is 22.1 Å². The van der Waals surface area contributed by atoms with Crippen molar-refractivity contribution in [1.82, 2.24) is 5.32 Å². The standard InChI is InChI=1S/C13H19ClN2O2/c1-8(2)16-13(17)7-18-12-5-4-10(14)6-11(12)9(3)15/h4-6,8-9H,7,15H2,1-3H3,(H,16,17). The van der Waals surface area contributed by atoms with E-state index in [1.807, 2.05) is 20.8 Å². The molecule has 0 spiro atoms. The van der Waals surface area contributed by atoms with Gasteiger partial charge in [-0.3, -0.25) is 4.79 Å². The molecule has 100 valence electrons. The molecule has 0 saturated heterocycles. The van der Waals surface area contributed by atoms with E-state index in [2.05, 4.69) is 5.32 Å². The van der Waals surface area contributed by atoms with Crippen molar-refractivity contribution in [1.29, 1.82) is 0 Å². The summed E-state index contributed by atoms with van der Waals surface area (Å²) in [4.78, 5) is 11.5. The van der Waals surface area contributed by atoms with Crippen molar-refractivity contribution < 1.29 is 9.53 Å². The molecule has 18 heavy (non-hydrogen) atoms. The molecular weight excluding hydrogens is 252 g/mol. The van der Waals surface area contributed by atoms with Gasteiger partial charge in [0.15, 0.2) is 6.61 Å². The predicted molar refractivity (Wildman–Crippen MR) is 72.8 cm³/mol. The van der Waals surface area contributed by atoms with E-state index in [-0.39, 0.29) is 24.6 Å². The molecule has 3 N–H and O–H groups in total. The van der Waals surface area contributed by atoms with Crippen LogP contribution >= 0.6 is 11.6 Å². The highest BCUT2D eigenvalue weighted by Gasteiger charge is 2.11. The number of hydrogen-bond donors (Lipinski definition) is 2. The second-order valence-electron chi connectivity index (χ2n) is 4.48. The quantitative estimate of drug-likeness (QED) is 0.863. The molecule has 0 fully saturated rings. The van der Waals surface area contributed by atoms with Gasteiger partial charge in [0.05, 0.1) is 0 Å². The van der Waals surface area contributed by atoms with Crippen molar-refractivity contribution >= 4 is 17.5 Å². The molecule has 5 heteroatoms. The zero-order valence-electron chi connectivity index (χ0n) is 10.9. The summed E-state index contributed by atoms with van der Waals surface area (Å²) in [6.07, 6.45) is 0. The Hall–Kier alpha value is -1.26. The van der Waals surface area contributed by atoms with Crippen LogP contribution in [0.25, 0.3) is 0 Å². The number of ether oxygens (including phenoxy) is 1. The first-order chi connectivity index (χ1) is 8.40. The lowest BCUT2D eigenvalue weighted by atomic mass is 10.1. The number of nitrogens with one attached hydrogen (secondary N) is 1. The molecule has 1 atom stereocenters. The lowest BCUT2D eigenvalue weighted by Gasteiger charge is -2.15. The zero-order valence-corrected chi connectivity index (χ0v) is 11.6. The number of benzene rings is 1. The Kier molecular flexibility index (Phi) is 5.44. The SMILES string of the molecule is CC(C)NC(=O)COc1ccc(Cl)cc1C(C)N. The topological polar surface area (TPSA) is 64.3 Å². The van der Waals surface area contributed by atoms with E-state index >= 15 is 0 Å². The molecule has 4 nitrogen and oxygen atoms in total. The van der Waals surface area contributed by atoms with Crippen LogP contribution in [-0.2, 0) is 4.79 Å². The van der Waals surface area contributed by atoms with Gasteiger partial charge in [-0.05, 0) is 39.0 Å². The second kappa shape index (κ2) is 6.61. The van der Waals surface area contributed by atoms with Gasteiger partial charge in [-0.2, -0.15) is 0 Å². The maximum atomic E-state index is 11.5. The minimum atomic E-state index is -0.202. The molecule has 0 radical (unpaired) electrons. The molecule has 0 bridgehead atoms. The van der Waals surface area contributed by atoms with Gasteiger partial charge in [-0.15, -0.1) is 0 Å². The van der Waals surface area contributed by atoms with Crippen LogP contribution < -0.4 is 15.8 Å². The fourth-order valence-corrected chi connectivity index (χ4v) is 1.69. The molecule has 1 unspecified atom stereocenters. The second-order valence-corrected chi connectivity index (χ2v) is 4.92. The van der Waals surface area contributed by atoms with Crippen LogP contribution in [0.1, 0.15) is 32.4 Å². The van der Waals surface area contributed by atoms with Crippen molar-refractivity contribution in [3.8, 4) is 5.75 Å². The van der Waals surface area contributed by atoms with Crippen molar-refractivity contribution in [3.63, 3.8) is 0 Å². The van der Waals surface area contributed by atoms with Gasteiger partial charge in [-0.1, -0.05) is 11.6 Å². The van der Waals surface area contributed by atoms with Gasteiger partial charge in [0.25, 0.3) is 5.91 Å². The predicted octanol–water partition coefficient (Wildman–Crippen LogP) is 2.26. The van der Waals surface area contributed by atoms with E-state index in [0.717, 1.165) is 5.56 Å². The van der Waals surface area contributed by atoms with Gasteiger partial charge in [0.1, 0.15) is 5.75 Å². The van der Waals surface area contributed by atoms with E-state index in [1.54, 1.807) is 18.2 Å². The molecule has 0 saturated carbocycles. The highest BCUT2D eigenvalue weighted by Crippen LogP contribution is 2.27. The molecule has 1 rings (SSSR count). The number of hydrogen-bond acceptors (Lipinski definition) is 3. The Morgan fingerprint density at radius 2 is 2.11 bits per heavy atom. The van der Waals surface area contributed by atoms with Gasteiger partial charge in [0, 0.05) is 22.7 Å². The van der Waals surface area contributed by atoms with Crippen molar-refractivity contribution in [2.24, 2.45) is 5.73 Å². The first kappa shape index (κ1) is 14.8. The smallest absolute Gasteiger partial charge is 0.258 e. The summed E-state index contributed by atoms with van der Waals surface area (Å²) in [6, 6.07) is 5.08. The van der Waals surface area contributed by atoms with Crippen molar-refractivity contribution in [2.75, 3.05) is 6.61 Å².